The van der Waals surface area contributed by atoms with Gasteiger partial charge in [-0.05, 0) is 46.7 Å². The van der Waals surface area contributed by atoms with Gasteiger partial charge >= 0.3 is 0 Å². The Morgan fingerprint density at radius 2 is 2.03 bits per heavy atom. The normalized spacial score (nSPS) is 16.0. The van der Waals surface area contributed by atoms with Crippen molar-refractivity contribution in [3.8, 4) is 17.2 Å². The van der Waals surface area contributed by atoms with Crippen LogP contribution in [0.1, 0.15) is 22.8 Å². The van der Waals surface area contributed by atoms with Crippen LogP contribution in [0.2, 0.25) is 0 Å². The van der Waals surface area contributed by atoms with E-state index in [1.54, 1.807) is 31.6 Å². The molecule has 1 amide bonds. The number of amides is 1. The number of methoxy groups -OCH3 is 2. The summed E-state index contributed by atoms with van der Waals surface area (Å²) >= 11 is 1.67. The van der Waals surface area contributed by atoms with Crippen molar-refractivity contribution < 1.29 is 19.0 Å². The molecule has 0 aliphatic carbocycles. The van der Waals surface area contributed by atoms with Gasteiger partial charge in [0, 0.05) is 43.4 Å². The van der Waals surface area contributed by atoms with E-state index in [0.717, 1.165) is 36.5 Å². The van der Waals surface area contributed by atoms with Crippen LogP contribution < -0.4 is 19.5 Å². The highest BCUT2D eigenvalue weighted by Crippen LogP contribution is 2.31. The zero-order valence-electron chi connectivity index (χ0n) is 18.8. The van der Waals surface area contributed by atoms with E-state index in [1.165, 1.54) is 11.6 Å². The molecule has 0 unspecified atom stereocenters. The lowest BCUT2D eigenvalue weighted by atomic mass is 10.2. The fourth-order valence-electron chi connectivity index (χ4n) is 3.81. The van der Waals surface area contributed by atoms with Gasteiger partial charge in [0.2, 0.25) is 5.91 Å². The quantitative estimate of drug-likeness (QED) is 0.497. The number of rotatable bonds is 8. The first-order valence-electron chi connectivity index (χ1n) is 10.8. The second kappa shape index (κ2) is 11.0. The molecule has 2 aromatic carbocycles. The fourth-order valence-corrected chi connectivity index (χ4v) is 4.51. The number of carbonyl (C=O) groups excluding carboxylic acids is 1. The lowest BCUT2D eigenvalue weighted by molar-refractivity contribution is -0.116. The van der Waals surface area contributed by atoms with Gasteiger partial charge in [0.05, 0.1) is 14.2 Å². The lowest BCUT2D eigenvalue weighted by Gasteiger charge is -2.23. The number of hydrogen-bond acceptors (Lipinski definition) is 6. The molecule has 7 heteroatoms. The minimum absolute atomic E-state index is 0.0273. The number of benzene rings is 2. The summed E-state index contributed by atoms with van der Waals surface area (Å²) in [6.45, 7) is 2.83. The fraction of sp³-hybridized carbons (Fsp3) is 0.269. The molecule has 1 N–H and O–H groups in total. The summed E-state index contributed by atoms with van der Waals surface area (Å²) in [5.41, 5.74) is 3.21. The maximum Gasteiger partial charge on any atom is 0.244 e. The molecule has 0 saturated carbocycles. The molecule has 2 heterocycles. The second-order valence-corrected chi connectivity index (χ2v) is 8.52. The van der Waals surface area contributed by atoms with E-state index in [4.69, 9.17) is 14.2 Å². The summed E-state index contributed by atoms with van der Waals surface area (Å²) in [7, 11) is 3.19. The van der Waals surface area contributed by atoms with E-state index in [0.29, 0.717) is 18.0 Å². The molecule has 3 aromatic rings. The van der Waals surface area contributed by atoms with Crippen molar-refractivity contribution in [2.24, 2.45) is 0 Å². The van der Waals surface area contributed by atoms with Crippen molar-refractivity contribution in [2.75, 3.05) is 33.9 Å². The van der Waals surface area contributed by atoms with Crippen LogP contribution in [-0.2, 0) is 11.3 Å². The number of para-hydroxylation sites is 1. The van der Waals surface area contributed by atoms with Gasteiger partial charge in [-0.15, -0.1) is 0 Å². The molecule has 1 aliphatic rings. The van der Waals surface area contributed by atoms with Crippen molar-refractivity contribution in [1.82, 2.24) is 10.2 Å². The lowest BCUT2D eigenvalue weighted by Crippen LogP contribution is -2.36. The molecule has 172 valence electrons. The highest BCUT2D eigenvalue weighted by molar-refractivity contribution is 7.07. The van der Waals surface area contributed by atoms with Crippen LogP contribution in [0.4, 0.5) is 0 Å². The molecule has 1 aromatic heterocycles. The average Bonchev–Trinajstić information content (AvgIpc) is 3.31. The first-order valence-corrected chi connectivity index (χ1v) is 11.8. The summed E-state index contributed by atoms with van der Waals surface area (Å²) in [6.07, 6.45) is 3.27. The maximum absolute atomic E-state index is 12.4. The van der Waals surface area contributed by atoms with Gasteiger partial charge in [-0.2, -0.15) is 11.3 Å². The maximum atomic E-state index is 12.4. The Morgan fingerprint density at radius 1 is 1.18 bits per heavy atom. The molecule has 6 nitrogen and oxygen atoms in total. The van der Waals surface area contributed by atoms with E-state index in [1.807, 2.05) is 36.4 Å². The number of thiophene rings is 1. The molecule has 33 heavy (non-hydrogen) atoms. The van der Waals surface area contributed by atoms with Gasteiger partial charge in [0.25, 0.3) is 0 Å². The van der Waals surface area contributed by atoms with Gasteiger partial charge in [-0.25, -0.2) is 0 Å². The minimum Gasteiger partial charge on any atom is -0.493 e. The van der Waals surface area contributed by atoms with Crippen LogP contribution >= 0.6 is 11.3 Å². The molecule has 0 saturated heterocycles. The van der Waals surface area contributed by atoms with Crippen LogP contribution in [0.15, 0.2) is 65.4 Å². The van der Waals surface area contributed by atoms with Gasteiger partial charge in [0.15, 0.2) is 11.5 Å². The number of carbonyl (C=O) groups is 1. The Hall–Kier alpha value is -3.29. The van der Waals surface area contributed by atoms with Gasteiger partial charge < -0.3 is 19.5 Å². The molecule has 0 bridgehead atoms. The molecule has 1 aliphatic heterocycles. The van der Waals surface area contributed by atoms with Crippen molar-refractivity contribution in [1.29, 1.82) is 0 Å². The Morgan fingerprint density at radius 3 is 2.82 bits per heavy atom. The molecule has 0 radical (unpaired) electrons. The highest BCUT2D eigenvalue weighted by Gasteiger charge is 2.24. The first kappa shape index (κ1) is 22.9. The van der Waals surface area contributed by atoms with Crippen LogP contribution in [0.25, 0.3) is 6.08 Å². The third-order valence-corrected chi connectivity index (χ3v) is 6.24. The molecule has 1 atom stereocenters. The van der Waals surface area contributed by atoms with E-state index < -0.39 is 0 Å². The third kappa shape index (κ3) is 5.94. The Labute approximate surface area is 198 Å². The second-order valence-electron chi connectivity index (χ2n) is 7.74. The minimum atomic E-state index is -0.134. The smallest absolute Gasteiger partial charge is 0.244 e. The van der Waals surface area contributed by atoms with E-state index in [9.17, 15) is 4.79 Å². The standard InChI is InChI=1S/C26H28N2O4S/c1-30-23-9-7-19(15-24(23)31-2)8-10-26(29)27-12-13-28-16-20-5-3-4-6-22(20)32-25(17-28)21-11-14-33-18-21/h3-11,14-15,18,25H,12-13,16-17H2,1-2H3,(H,27,29)/b10-8+/t25-/m1/s1. The van der Waals surface area contributed by atoms with Crippen molar-refractivity contribution in [3.63, 3.8) is 0 Å². The summed E-state index contributed by atoms with van der Waals surface area (Å²) in [5, 5.41) is 7.19. The van der Waals surface area contributed by atoms with E-state index in [-0.39, 0.29) is 12.0 Å². The zero-order valence-corrected chi connectivity index (χ0v) is 19.6. The number of nitrogens with zero attached hydrogens (tertiary/aromatic N) is 1. The monoisotopic (exact) mass is 464 g/mol. The SMILES string of the molecule is COc1ccc(/C=C/C(=O)NCCN2Cc3ccccc3O[C@@H](c3ccsc3)C2)cc1OC. The number of hydrogen-bond donors (Lipinski definition) is 1. The molecular formula is C26H28N2O4S. The van der Waals surface area contributed by atoms with Gasteiger partial charge in [-0.3, -0.25) is 9.69 Å². The van der Waals surface area contributed by atoms with Crippen molar-refractivity contribution in [3.05, 3.63) is 82.1 Å². The van der Waals surface area contributed by atoms with Crippen molar-refractivity contribution in [2.45, 2.75) is 12.6 Å². The third-order valence-electron chi connectivity index (χ3n) is 5.54. The van der Waals surface area contributed by atoms with Crippen LogP contribution in [0.3, 0.4) is 0 Å². The van der Waals surface area contributed by atoms with Crippen LogP contribution in [0.5, 0.6) is 17.2 Å². The van der Waals surface area contributed by atoms with Crippen LogP contribution in [0, 0.1) is 0 Å². The Kier molecular flexibility index (Phi) is 7.65. The van der Waals surface area contributed by atoms with Crippen molar-refractivity contribution >= 4 is 23.3 Å². The Bertz CT molecular complexity index is 1100. The molecule has 4 rings (SSSR count). The van der Waals surface area contributed by atoms with Crippen LogP contribution in [-0.4, -0.2) is 44.7 Å². The molecular weight excluding hydrogens is 436 g/mol. The predicted octanol–water partition coefficient (Wildman–Crippen LogP) is 4.53. The Balaban J connectivity index is 1.34. The largest absolute Gasteiger partial charge is 0.493 e. The average molecular weight is 465 g/mol. The highest BCUT2D eigenvalue weighted by atomic mass is 32.1. The molecule has 0 fully saturated rings. The summed E-state index contributed by atoms with van der Waals surface area (Å²) in [6, 6.07) is 15.8. The molecule has 0 spiro atoms. The summed E-state index contributed by atoms with van der Waals surface area (Å²) < 4.78 is 16.9. The first-order chi connectivity index (χ1) is 16.2. The van der Waals surface area contributed by atoms with Gasteiger partial charge in [-0.1, -0.05) is 24.3 Å². The number of ether oxygens (including phenoxy) is 3. The predicted molar refractivity (Wildman–Crippen MR) is 131 cm³/mol. The topological polar surface area (TPSA) is 60.0 Å². The number of nitrogens with one attached hydrogen (secondary N) is 1. The number of fused-ring (bicyclic) bond motifs is 1. The van der Waals surface area contributed by atoms with E-state index in [2.05, 4.69) is 33.1 Å². The zero-order chi connectivity index (χ0) is 23.0. The van der Waals surface area contributed by atoms with Gasteiger partial charge in [0.1, 0.15) is 11.9 Å². The van der Waals surface area contributed by atoms with E-state index >= 15 is 0 Å². The summed E-state index contributed by atoms with van der Waals surface area (Å²) in [5.74, 6) is 2.08. The summed E-state index contributed by atoms with van der Waals surface area (Å²) in [4.78, 5) is 14.7.